The van der Waals surface area contributed by atoms with Gasteiger partial charge in [0.25, 0.3) is 0 Å². The van der Waals surface area contributed by atoms with Crippen molar-refractivity contribution in [3.05, 3.63) is 10.8 Å². The molecule has 0 bridgehead atoms. The lowest BCUT2D eigenvalue weighted by Crippen LogP contribution is -2.19. The third-order valence-electron chi connectivity index (χ3n) is 2.92. The minimum atomic E-state index is 0.756. The Morgan fingerprint density at radius 1 is 0.792 bits per heavy atom. The van der Waals surface area contributed by atoms with E-state index in [-0.39, 0.29) is 0 Å². The van der Waals surface area contributed by atoms with E-state index in [1.54, 1.807) is 9.36 Å². The highest BCUT2D eigenvalue weighted by atomic mass is 32.2. The van der Waals surface area contributed by atoms with Gasteiger partial charge in [0.15, 0.2) is 0 Å². The molecule has 2 rings (SSSR count). The lowest BCUT2D eigenvalue weighted by Gasteiger charge is -2.09. The maximum Gasteiger partial charge on any atom is 0.213 e. The van der Waals surface area contributed by atoms with E-state index in [1.165, 1.54) is 23.5 Å². The van der Waals surface area contributed by atoms with Crippen LogP contribution in [0.5, 0.6) is 0 Å². The molecule has 10 nitrogen and oxygen atoms in total. The molecule has 2 aromatic heterocycles. The van der Waals surface area contributed by atoms with Crippen LogP contribution in [0.4, 0.5) is 0 Å². The van der Waals surface area contributed by atoms with E-state index in [9.17, 15) is 0 Å². The monoisotopic (exact) mass is 370 g/mol. The van der Waals surface area contributed by atoms with Crippen molar-refractivity contribution in [3.8, 4) is 0 Å². The molecule has 0 aliphatic heterocycles. The Morgan fingerprint density at radius 3 is 1.58 bits per heavy atom. The summed E-state index contributed by atoms with van der Waals surface area (Å²) >= 11 is 2.94. The second-order valence-corrected chi connectivity index (χ2v) is 7.23. The minimum Gasteiger partial charge on any atom is -0.308 e. The molecule has 2 heterocycles. The second-order valence-electron chi connectivity index (χ2n) is 5.48. The lowest BCUT2D eigenvalue weighted by atomic mass is 10.6. The maximum atomic E-state index is 4.03. The van der Waals surface area contributed by atoms with Gasteiger partial charge in [0.2, 0.25) is 10.3 Å². The Bertz CT molecular complexity index is 581. The van der Waals surface area contributed by atoms with Crippen LogP contribution in [0.3, 0.4) is 0 Å². The van der Waals surface area contributed by atoms with E-state index in [0.717, 1.165) is 36.5 Å². The topological polar surface area (TPSA) is 93.7 Å². The molecule has 0 N–H and O–H groups in total. The number of nitrogens with zero attached hydrogens (tertiary/aromatic N) is 10. The SMILES string of the molecule is CN(C)CCn1nnnc1S/C=C/Sc1nnnn1CCN(C)C. The summed E-state index contributed by atoms with van der Waals surface area (Å²) in [7, 11) is 8.09. The predicted molar refractivity (Wildman–Crippen MR) is 93.6 cm³/mol. The van der Waals surface area contributed by atoms with Crippen molar-refractivity contribution >= 4 is 23.5 Å². The Morgan fingerprint density at radius 2 is 1.21 bits per heavy atom. The molecule has 0 fully saturated rings. The standard InChI is InChI=1S/C12H22N10S2/c1-19(2)5-7-21-11(13-15-17-21)23-9-10-24-12-14-16-18-22(12)8-6-20(3)4/h9-10H,5-8H2,1-4H3/b10-9+. The van der Waals surface area contributed by atoms with Gasteiger partial charge in [-0.05, 0) is 59.9 Å². The molecule has 24 heavy (non-hydrogen) atoms. The predicted octanol–water partition coefficient (Wildman–Crippen LogP) is 0.138. The average molecular weight is 371 g/mol. The number of rotatable bonds is 10. The summed E-state index contributed by atoms with van der Waals surface area (Å²) < 4.78 is 3.58. The van der Waals surface area contributed by atoms with Gasteiger partial charge >= 0.3 is 0 Å². The molecular formula is C12H22N10S2. The van der Waals surface area contributed by atoms with E-state index in [1.807, 2.05) is 39.0 Å². The van der Waals surface area contributed by atoms with Gasteiger partial charge in [0.1, 0.15) is 0 Å². The third-order valence-corrected chi connectivity index (χ3v) is 4.64. The van der Waals surface area contributed by atoms with Gasteiger partial charge in [-0.3, -0.25) is 0 Å². The van der Waals surface area contributed by atoms with Crippen molar-refractivity contribution in [1.82, 2.24) is 50.2 Å². The highest BCUT2D eigenvalue weighted by molar-refractivity contribution is 8.05. The molecular weight excluding hydrogens is 348 g/mol. The second kappa shape index (κ2) is 9.71. The van der Waals surface area contributed by atoms with Crippen LogP contribution in [-0.4, -0.2) is 91.5 Å². The van der Waals surface area contributed by atoms with Crippen molar-refractivity contribution in [2.45, 2.75) is 23.4 Å². The summed E-state index contributed by atoms with van der Waals surface area (Å²) in [6.07, 6.45) is 0. The first kappa shape index (κ1) is 18.8. The summed E-state index contributed by atoms with van der Waals surface area (Å²) in [6, 6.07) is 0. The number of aromatic nitrogens is 8. The number of hydrogen-bond acceptors (Lipinski definition) is 10. The molecule has 0 aliphatic carbocycles. The first-order chi connectivity index (χ1) is 11.6. The normalized spacial score (nSPS) is 12.1. The first-order valence-corrected chi connectivity index (χ1v) is 9.12. The number of hydrogen-bond donors (Lipinski definition) is 0. The zero-order valence-electron chi connectivity index (χ0n) is 14.3. The van der Waals surface area contributed by atoms with Crippen LogP contribution in [0.25, 0.3) is 0 Å². The van der Waals surface area contributed by atoms with Crippen LogP contribution in [-0.2, 0) is 13.1 Å². The molecule has 2 aromatic rings. The van der Waals surface area contributed by atoms with E-state index in [4.69, 9.17) is 0 Å². The summed E-state index contributed by atoms with van der Waals surface area (Å²) in [5, 5.41) is 28.9. The Kier molecular flexibility index (Phi) is 7.62. The van der Waals surface area contributed by atoms with Gasteiger partial charge in [0.05, 0.1) is 13.1 Å². The highest BCUT2D eigenvalue weighted by Gasteiger charge is 2.07. The quantitative estimate of drug-likeness (QED) is 0.537. The van der Waals surface area contributed by atoms with Crippen LogP contribution in [0.1, 0.15) is 0 Å². The molecule has 0 saturated carbocycles. The Balaban J connectivity index is 1.83. The van der Waals surface area contributed by atoms with Crippen molar-refractivity contribution in [3.63, 3.8) is 0 Å². The van der Waals surface area contributed by atoms with Crippen molar-refractivity contribution < 1.29 is 0 Å². The molecule has 0 aromatic carbocycles. The van der Waals surface area contributed by atoms with Crippen LogP contribution in [0.15, 0.2) is 21.1 Å². The Hall–Kier alpha value is -1.50. The van der Waals surface area contributed by atoms with Crippen LogP contribution in [0.2, 0.25) is 0 Å². The molecule has 0 radical (unpaired) electrons. The average Bonchev–Trinajstić information content (AvgIpc) is 3.16. The first-order valence-electron chi connectivity index (χ1n) is 7.36. The van der Waals surface area contributed by atoms with Crippen LogP contribution < -0.4 is 0 Å². The molecule has 12 heteroatoms. The fourth-order valence-electron chi connectivity index (χ4n) is 1.61. The van der Waals surface area contributed by atoms with E-state index >= 15 is 0 Å². The lowest BCUT2D eigenvalue weighted by molar-refractivity contribution is 0.361. The van der Waals surface area contributed by atoms with Crippen molar-refractivity contribution in [1.29, 1.82) is 0 Å². The molecule has 0 unspecified atom stereocenters. The molecule has 0 amide bonds. The van der Waals surface area contributed by atoms with Gasteiger partial charge in [-0.1, -0.05) is 23.5 Å². The Labute approximate surface area is 149 Å². The zero-order valence-corrected chi connectivity index (χ0v) is 15.9. The van der Waals surface area contributed by atoms with Crippen LogP contribution in [0, 0.1) is 0 Å². The van der Waals surface area contributed by atoms with Gasteiger partial charge in [0, 0.05) is 13.1 Å². The molecule has 132 valence electrons. The minimum absolute atomic E-state index is 0.756. The van der Waals surface area contributed by atoms with Gasteiger partial charge in [-0.25, -0.2) is 9.36 Å². The molecule has 0 atom stereocenters. The highest BCUT2D eigenvalue weighted by Crippen LogP contribution is 2.20. The largest absolute Gasteiger partial charge is 0.308 e. The summed E-state index contributed by atoms with van der Waals surface area (Å²) in [6.45, 7) is 3.29. The molecule has 0 saturated heterocycles. The van der Waals surface area contributed by atoms with Gasteiger partial charge in [-0.2, -0.15) is 0 Å². The smallest absolute Gasteiger partial charge is 0.213 e. The van der Waals surface area contributed by atoms with Gasteiger partial charge < -0.3 is 9.80 Å². The van der Waals surface area contributed by atoms with E-state index in [2.05, 4.69) is 40.9 Å². The van der Waals surface area contributed by atoms with Crippen molar-refractivity contribution in [2.75, 3.05) is 41.3 Å². The van der Waals surface area contributed by atoms with Gasteiger partial charge in [-0.15, -0.1) is 10.2 Å². The van der Waals surface area contributed by atoms with Crippen LogP contribution >= 0.6 is 23.5 Å². The molecule has 0 spiro atoms. The molecule has 0 aliphatic rings. The fourth-order valence-corrected chi connectivity index (χ4v) is 2.96. The zero-order chi connectivity index (χ0) is 17.4. The fraction of sp³-hybridized carbons (Fsp3) is 0.667. The van der Waals surface area contributed by atoms with Crippen molar-refractivity contribution in [2.24, 2.45) is 0 Å². The van der Waals surface area contributed by atoms with E-state index < -0.39 is 0 Å². The number of likely N-dealkylation sites (N-methyl/N-ethyl adjacent to an activating group) is 2. The summed E-state index contributed by atoms with van der Waals surface area (Å²) in [4.78, 5) is 4.19. The number of thioether (sulfide) groups is 2. The maximum absolute atomic E-state index is 4.03. The summed E-state index contributed by atoms with van der Waals surface area (Å²) in [5.74, 6) is 0. The number of tetrazole rings is 2. The summed E-state index contributed by atoms with van der Waals surface area (Å²) in [5.41, 5.74) is 0. The third kappa shape index (κ3) is 6.19. The van der Waals surface area contributed by atoms with E-state index in [0.29, 0.717) is 0 Å².